The molecule has 5 N–H and O–H groups in total. The Balaban J connectivity index is 2.43. The van der Waals surface area contributed by atoms with Gasteiger partial charge in [-0.2, -0.15) is 0 Å². The zero-order valence-electron chi connectivity index (χ0n) is 14.4. The second kappa shape index (κ2) is 9.66. The third-order valence-electron chi connectivity index (χ3n) is 4.37. The fourth-order valence-corrected chi connectivity index (χ4v) is 2.85. The number of ether oxygens (including phenoxy) is 1. The molecule has 0 bridgehead atoms. The maximum absolute atomic E-state index is 12.3. The number of hydrogen-bond donors (Lipinski definition) is 5. The van der Waals surface area contributed by atoms with Gasteiger partial charge in [-0.3, -0.25) is 4.79 Å². The average molecular weight is 335 g/mol. The van der Waals surface area contributed by atoms with Gasteiger partial charge in [-0.1, -0.05) is 45.4 Å². The van der Waals surface area contributed by atoms with E-state index < -0.39 is 42.6 Å². The van der Waals surface area contributed by atoms with E-state index in [1.807, 2.05) is 0 Å². The van der Waals surface area contributed by atoms with Crippen molar-refractivity contribution in [3.63, 3.8) is 0 Å². The summed E-state index contributed by atoms with van der Waals surface area (Å²) in [6, 6.07) is 0. The van der Waals surface area contributed by atoms with Gasteiger partial charge in [0, 0.05) is 7.79 Å². The zero-order chi connectivity index (χ0) is 18.2. The Morgan fingerprint density at radius 3 is 2.30 bits per heavy atom. The van der Waals surface area contributed by atoms with E-state index in [2.05, 4.69) is 0 Å². The van der Waals surface area contributed by atoms with Crippen molar-refractivity contribution < 1.29 is 36.4 Å². The Labute approximate surface area is 138 Å². The number of Topliss-reactive ketones (excluding diaryl/α,β-unsaturated/α-hetero) is 1. The van der Waals surface area contributed by atoms with Crippen molar-refractivity contribution in [2.75, 3.05) is 6.61 Å². The van der Waals surface area contributed by atoms with Crippen LogP contribution in [0, 0.1) is 0 Å². The van der Waals surface area contributed by atoms with Crippen LogP contribution in [0.1, 0.15) is 59.6 Å². The lowest BCUT2D eigenvalue weighted by Crippen LogP contribution is -2.70. The molecule has 23 heavy (non-hydrogen) atoms. The molecule has 0 aromatic rings. The zero-order valence-corrected chi connectivity index (χ0v) is 13.4. The lowest BCUT2D eigenvalue weighted by Gasteiger charge is -2.45. The van der Waals surface area contributed by atoms with Crippen LogP contribution in [-0.4, -0.2) is 68.1 Å². The van der Waals surface area contributed by atoms with E-state index in [-0.39, 0.29) is 6.42 Å². The molecule has 0 radical (unpaired) electrons. The molecule has 0 spiro atoms. The topological polar surface area (TPSA) is 127 Å². The molecule has 1 saturated heterocycles. The Morgan fingerprint density at radius 1 is 1.09 bits per heavy atom. The van der Waals surface area contributed by atoms with Crippen molar-refractivity contribution in [3.05, 3.63) is 0 Å². The normalized spacial score (nSPS) is 35.1. The summed E-state index contributed by atoms with van der Waals surface area (Å²) in [6.45, 7) is -0.249. The van der Waals surface area contributed by atoms with Crippen molar-refractivity contribution in [1.82, 2.24) is 0 Å². The van der Waals surface area contributed by atoms with Gasteiger partial charge >= 0.3 is 0 Å². The molecular formula is C16H30O7. The highest BCUT2D eigenvalue weighted by molar-refractivity contribution is 5.88. The minimum absolute atomic E-state index is 0.0395. The van der Waals surface area contributed by atoms with Crippen LogP contribution in [0.25, 0.3) is 0 Å². The summed E-state index contributed by atoms with van der Waals surface area (Å²) < 4.78 is 11.8. The van der Waals surface area contributed by atoms with Crippen molar-refractivity contribution in [3.8, 4) is 0 Å². The first-order chi connectivity index (χ1) is 11.4. The van der Waals surface area contributed by atoms with Crippen LogP contribution < -0.4 is 0 Å². The number of aliphatic hydroxyl groups is 5. The second-order valence-corrected chi connectivity index (χ2v) is 6.11. The minimum atomic E-state index is -2.54. The fraction of sp³-hybridized carbons (Fsp3) is 0.938. The van der Waals surface area contributed by atoms with E-state index >= 15 is 0 Å². The van der Waals surface area contributed by atoms with E-state index in [1.54, 1.807) is 0 Å². The molecule has 0 aromatic carbocycles. The smallest absolute Gasteiger partial charge is 0.184 e. The van der Waals surface area contributed by atoms with Crippen LogP contribution in [0.3, 0.4) is 0 Å². The number of hydrogen-bond acceptors (Lipinski definition) is 7. The van der Waals surface area contributed by atoms with E-state index in [0.717, 1.165) is 38.5 Å². The molecule has 1 unspecified atom stereocenters. The summed E-state index contributed by atoms with van der Waals surface area (Å²) in [7, 11) is 0. The summed E-state index contributed by atoms with van der Waals surface area (Å²) in [6.07, 6.45) is -0.798. The standard InChI is InChI=1S/C16H30O7/c1-2-3-4-5-6-7-8-9-12(18)16(22)13(19)11(10-17)23-15(21)14(16)20/h11,13-15,17,19-22H,2-10H2,1H3/t11-,13-,14+,15?,16+/m1/s1/i1D. The summed E-state index contributed by atoms with van der Waals surface area (Å²) in [4.78, 5) is 12.3. The molecule has 7 nitrogen and oxygen atoms in total. The highest BCUT2D eigenvalue weighted by Crippen LogP contribution is 2.31. The van der Waals surface area contributed by atoms with Crippen molar-refractivity contribution in [2.45, 2.75) is 88.5 Å². The maximum Gasteiger partial charge on any atom is 0.184 e. The van der Waals surface area contributed by atoms with Gasteiger partial charge in [-0.05, 0) is 6.42 Å². The van der Waals surface area contributed by atoms with Crippen LogP contribution >= 0.6 is 0 Å². The number of rotatable bonds is 10. The minimum Gasteiger partial charge on any atom is -0.394 e. The molecule has 7 heteroatoms. The predicted molar refractivity (Wildman–Crippen MR) is 82.5 cm³/mol. The van der Waals surface area contributed by atoms with Gasteiger partial charge in [0.1, 0.15) is 18.3 Å². The number of ketones is 1. The van der Waals surface area contributed by atoms with Gasteiger partial charge in [0.2, 0.25) is 0 Å². The largest absolute Gasteiger partial charge is 0.394 e. The molecule has 1 aliphatic heterocycles. The number of carbonyl (C=O) groups excluding carboxylic acids is 1. The first kappa shape index (κ1) is 18.8. The van der Waals surface area contributed by atoms with Gasteiger partial charge in [0.15, 0.2) is 17.7 Å². The molecule has 0 amide bonds. The van der Waals surface area contributed by atoms with Crippen molar-refractivity contribution in [2.24, 2.45) is 0 Å². The molecule has 0 aliphatic carbocycles. The Bertz CT molecular complexity index is 381. The van der Waals surface area contributed by atoms with Gasteiger partial charge < -0.3 is 30.3 Å². The molecule has 5 atom stereocenters. The number of unbranched alkanes of at least 4 members (excludes halogenated alkanes) is 6. The highest BCUT2D eigenvalue weighted by Gasteiger charge is 2.58. The first-order valence-electron chi connectivity index (χ1n) is 8.95. The lowest BCUT2D eigenvalue weighted by atomic mass is 9.79. The molecular weight excluding hydrogens is 304 g/mol. The van der Waals surface area contributed by atoms with E-state index in [4.69, 9.17) is 11.2 Å². The third kappa shape index (κ3) is 4.95. The Hall–Kier alpha value is -0.570. The monoisotopic (exact) mass is 335 g/mol. The Morgan fingerprint density at radius 2 is 1.70 bits per heavy atom. The summed E-state index contributed by atoms with van der Waals surface area (Å²) in [5, 5.41) is 49.0. The quantitative estimate of drug-likeness (QED) is 0.352. The maximum atomic E-state index is 12.3. The number of aliphatic hydroxyl groups excluding tert-OH is 4. The highest BCUT2D eigenvalue weighted by atomic mass is 16.6. The molecule has 0 aromatic heterocycles. The van der Waals surface area contributed by atoms with Crippen LogP contribution in [0.5, 0.6) is 0 Å². The molecule has 1 aliphatic rings. The molecule has 1 rings (SSSR count). The van der Waals surface area contributed by atoms with Gasteiger partial charge in [-0.25, -0.2) is 0 Å². The second-order valence-electron chi connectivity index (χ2n) is 6.11. The molecule has 1 heterocycles. The Kier molecular flexibility index (Phi) is 7.88. The van der Waals surface area contributed by atoms with Crippen molar-refractivity contribution in [1.29, 1.82) is 0 Å². The van der Waals surface area contributed by atoms with Gasteiger partial charge in [-0.15, -0.1) is 0 Å². The number of carbonyl (C=O) groups is 1. The average Bonchev–Trinajstić information content (AvgIpc) is 2.58. The fourth-order valence-electron chi connectivity index (χ4n) is 2.85. The van der Waals surface area contributed by atoms with Crippen LogP contribution in [0.4, 0.5) is 0 Å². The SMILES string of the molecule is [2H]CCCCCCCCCC(=O)[C@]1(O)[C@H](O)[C@@H](CO)OC(O)[C@@H]1O. The lowest BCUT2D eigenvalue weighted by molar-refractivity contribution is -0.311. The van der Waals surface area contributed by atoms with E-state index in [9.17, 15) is 25.2 Å². The third-order valence-corrected chi connectivity index (χ3v) is 4.37. The van der Waals surface area contributed by atoms with Crippen LogP contribution in [0.2, 0.25) is 0 Å². The summed E-state index contributed by atoms with van der Waals surface area (Å²) in [5.41, 5.74) is -2.54. The molecule has 1 fully saturated rings. The van der Waals surface area contributed by atoms with E-state index in [0.29, 0.717) is 13.3 Å². The predicted octanol–water partition coefficient (Wildman–Crippen LogP) is -0.141. The van der Waals surface area contributed by atoms with E-state index in [1.165, 1.54) is 0 Å². The van der Waals surface area contributed by atoms with Crippen LogP contribution in [-0.2, 0) is 9.53 Å². The summed E-state index contributed by atoms with van der Waals surface area (Å²) in [5.74, 6) is -0.766. The van der Waals surface area contributed by atoms with Crippen molar-refractivity contribution >= 4 is 5.78 Å². The first-order valence-corrected chi connectivity index (χ1v) is 8.25. The molecule has 136 valence electrons. The van der Waals surface area contributed by atoms with Gasteiger partial charge in [0.05, 0.1) is 6.61 Å². The molecule has 0 saturated carbocycles. The van der Waals surface area contributed by atoms with Gasteiger partial charge in [0.25, 0.3) is 0 Å². The summed E-state index contributed by atoms with van der Waals surface area (Å²) >= 11 is 0. The van der Waals surface area contributed by atoms with Crippen LogP contribution in [0.15, 0.2) is 0 Å².